The number of aliphatic hydroxyl groups is 2. The Morgan fingerprint density at radius 3 is 2.50 bits per heavy atom. The Bertz CT molecular complexity index is 478. The molecular formula is C20H34O2. The molecule has 0 unspecified atom stereocenters. The molecule has 22 heavy (non-hydrogen) atoms. The van der Waals surface area contributed by atoms with E-state index in [1.54, 1.807) is 11.1 Å². The van der Waals surface area contributed by atoms with Gasteiger partial charge in [-0.25, -0.2) is 0 Å². The fourth-order valence-corrected chi connectivity index (χ4v) is 6.21. The molecule has 4 atom stereocenters. The summed E-state index contributed by atoms with van der Waals surface area (Å²) in [4.78, 5) is 0. The van der Waals surface area contributed by atoms with Gasteiger partial charge in [-0.1, -0.05) is 45.3 Å². The highest BCUT2D eigenvalue weighted by molar-refractivity contribution is 5.31. The molecule has 2 nitrogen and oxygen atoms in total. The lowest BCUT2D eigenvalue weighted by Crippen LogP contribution is -2.48. The Morgan fingerprint density at radius 1 is 1.09 bits per heavy atom. The molecule has 0 aromatic rings. The highest BCUT2D eigenvalue weighted by Gasteiger charge is 2.52. The van der Waals surface area contributed by atoms with E-state index in [1.807, 2.05) is 0 Å². The van der Waals surface area contributed by atoms with Crippen LogP contribution in [0.15, 0.2) is 11.1 Å². The van der Waals surface area contributed by atoms with Crippen molar-refractivity contribution in [3.05, 3.63) is 11.1 Å². The van der Waals surface area contributed by atoms with Crippen molar-refractivity contribution < 1.29 is 10.2 Å². The zero-order chi connectivity index (χ0) is 16.2. The summed E-state index contributed by atoms with van der Waals surface area (Å²) in [5, 5.41) is 19.6. The van der Waals surface area contributed by atoms with Gasteiger partial charge in [-0.2, -0.15) is 0 Å². The first-order valence-electron chi connectivity index (χ1n) is 9.23. The molecule has 0 amide bonds. The molecule has 0 saturated heterocycles. The van der Waals surface area contributed by atoms with E-state index in [-0.39, 0.29) is 12.0 Å². The van der Waals surface area contributed by atoms with Gasteiger partial charge in [-0.3, -0.25) is 0 Å². The second-order valence-corrected chi connectivity index (χ2v) is 9.46. The van der Waals surface area contributed by atoms with Crippen molar-refractivity contribution in [2.75, 3.05) is 6.61 Å². The van der Waals surface area contributed by atoms with Gasteiger partial charge in [0.05, 0.1) is 12.7 Å². The molecule has 0 aliphatic heterocycles. The Morgan fingerprint density at radius 2 is 1.82 bits per heavy atom. The quantitative estimate of drug-likeness (QED) is 0.740. The van der Waals surface area contributed by atoms with Crippen molar-refractivity contribution in [2.24, 2.45) is 22.2 Å². The first-order chi connectivity index (χ1) is 10.2. The van der Waals surface area contributed by atoms with Crippen LogP contribution in [0, 0.1) is 22.2 Å². The van der Waals surface area contributed by atoms with Crippen LogP contribution < -0.4 is 0 Å². The lowest BCUT2D eigenvalue weighted by Gasteiger charge is -2.57. The van der Waals surface area contributed by atoms with Crippen molar-refractivity contribution >= 4 is 0 Å². The van der Waals surface area contributed by atoms with Crippen LogP contribution in [0.5, 0.6) is 0 Å². The highest BCUT2D eigenvalue weighted by Crippen LogP contribution is 2.63. The molecule has 1 saturated carbocycles. The molecule has 0 spiro atoms. The molecule has 3 rings (SSSR count). The molecule has 2 heteroatoms. The predicted molar refractivity (Wildman–Crippen MR) is 90.5 cm³/mol. The Balaban J connectivity index is 1.93. The zero-order valence-corrected chi connectivity index (χ0v) is 14.9. The van der Waals surface area contributed by atoms with E-state index in [0.29, 0.717) is 10.8 Å². The number of hydrogen-bond acceptors (Lipinski definition) is 2. The number of hydrogen-bond donors (Lipinski definition) is 2. The summed E-state index contributed by atoms with van der Waals surface area (Å²) in [6.07, 6.45) is 9.17. The van der Waals surface area contributed by atoms with Gasteiger partial charge < -0.3 is 10.2 Å². The number of fused-ring (bicyclic) bond motifs is 2. The first kappa shape index (κ1) is 16.5. The van der Waals surface area contributed by atoms with E-state index < -0.39 is 6.10 Å². The first-order valence-corrected chi connectivity index (χ1v) is 9.23. The van der Waals surface area contributed by atoms with E-state index in [9.17, 15) is 10.2 Å². The van der Waals surface area contributed by atoms with Gasteiger partial charge in [-0.05, 0) is 67.1 Å². The molecule has 0 aromatic heterocycles. The SMILES string of the molecule is CC1(C)CCC[C@@]2(C)C3=C(CC[C@H]12)C[C@](C)([C@H](O)CO)CC3. The van der Waals surface area contributed by atoms with Gasteiger partial charge in [0.15, 0.2) is 0 Å². The van der Waals surface area contributed by atoms with Gasteiger partial charge in [-0.15, -0.1) is 0 Å². The molecule has 0 bridgehead atoms. The second-order valence-electron chi connectivity index (χ2n) is 9.46. The minimum absolute atomic E-state index is 0.105. The summed E-state index contributed by atoms with van der Waals surface area (Å²) in [7, 11) is 0. The van der Waals surface area contributed by atoms with E-state index in [0.717, 1.165) is 25.2 Å². The molecule has 0 radical (unpaired) electrons. The van der Waals surface area contributed by atoms with Crippen molar-refractivity contribution in [1.82, 2.24) is 0 Å². The Hall–Kier alpha value is -0.340. The summed E-state index contributed by atoms with van der Waals surface area (Å²) in [5.74, 6) is 0.819. The average molecular weight is 306 g/mol. The summed E-state index contributed by atoms with van der Waals surface area (Å²) in [6.45, 7) is 9.54. The molecule has 0 aromatic carbocycles. The van der Waals surface area contributed by atoms with Crippen molar-refractivity contribution in [1.29, 1.82) is 0 Å². The Kier molecular flexibility index (Phi) is 4.01. The van der Waals surface area contributed by atoms with Crippen LogP contribution >= 0.6 is 0 Å². The lowest BCUT2D eigenvalue weighted by atomic mass is 9.48. The van der Waals surface area contributed by atoms with E-state index >= 15 is 0 Å². The van der Waals surface area contributed by atoms with E-state index in [4.69, 9.17) is 0 Å². The smallest absolute Gasteiger partial charge is 0.0827 e. The van der Waals surface area contributed by atoms with Crippen LogP contribution in [0.1, 0.15) is 79.1 Å². The van der Waals surface area contributed by atoms with Crippen LogP contribution in [-0.4, -0.2) is 22.9 Å². The van der Waals surface area contributed by atoms with Crippen LogP contribution in [0.3, 0.4) is 0 Å². The molecule has 2 N–H and O–H groups in total. The van der Waals surface area contributed by atoms with E-state index in [1.165, 1.54) is 32.1 Å². The number of aliphatic hydroxyl groups excluding tert-OH is 2. The summed E-state index contributed by atoms with van der Waals surface area (Å²) in [6, 6.07) is 0. The van der Waals surface area contributed by atoms with Gasteiger partial charge >= 0.3 is 0 Å². The standard InChI is InChI=1S/C20H34O2/c1-18(2)9-5-10-20(4)15-8-11-19(3,17(22)13-21)12-14(15)6-7-16(18)20/h16-17,21-22H,5-13H2,1-4H3/t16-,17-,19-,20+/m1/s1. The third kappa shape index (κ3) is 2.38. The van der Waals surface area contributed by atoms with Crippen LogP contribution in [0.2, 0.25) is 0 Å². The average Bonchev–Trinajstić information content (AvgIpc) is 2.45. The molecule has 1 fully saturated rings. The lowest BCUT2D eigenvalue weighted by molar-refractivity contribution is -0.0295. The van der Waals surface area contributed by atoms with Gasteiger partial charge in [0.1, 0.15) is 0 Å². The van der Waals surface area contributed by atoms with Gasteiger partial charge in [0.25, 0.3) is 0 Å². The van der Waals surface area contributed by atoms with Crippen molar-refractivity contribution in [2.45, 2.75) is 85.2 Å². The van der Waals surface area contributed by atoms with Gasteiger partial charge in [0.2, 0.25) is 0 Å². The summed E-state index contributed by atoms with van der Waals surface area (Å²) >= 11 is 0. The van der Waals surface area contributed by atoms with Gasteiger partial charge in [0, 0.05) is 0 Å². The minimum Gasteiger partial charge on any atom is -0.394 e. The van der Waals surface area contributed by atoms with Crippen LogP contribution in [0.4, 0.5) is 0 Å². The minimum atomic E-state index is -0.574. The summed E-state index contributed by atoms with van der Waals surface area (Å²) in [5.41, 5.74) is 4.09. The van der Waals surface area contributed by atoms with E-state index in [2.05, 4.69) is 27.7 Å². The van der Waals surface area contributed by atoms with Crippen LogP contribution in [-0.2, 0) is 0 Å². The number of allylic oxidation sites excluding steroid dienone is 2. The number of rotatable bonds is 2. The molecule has 0 heterocycles. The topological polar surface area (TPSA) is 40.5 Å². The zero-order valence-electron chi connectivity index (χ0n) is 14.9. The predicted octanol–water partition coefficient (Wildman–Crippen LogP) is 4.45. The Labute approximate surface area is 136 Å². The molecule has 3 aliphatic carbocycles. The molecule has 3 aliphatic rings. The monoisotopic (exact) mass is 306 g/mol. The normalized spacial score (nSPS) is 42.5. The van der Waals surface area contributed by atoms with Crippen molar-refractivity contribution in [3.63, 3.8) is 0 Å². The third-order valence-corrected chi connectivity index (χ3v) is 7.62. The largest absolute Gasteiger partial charge is 0.394 e. The second kappa shape index (κ2) is 5.34. The molecular weight excluding hydrogens is 272 g/mol. The van der Waals surface area contributed by atoms with Crippen LogP contribution in [0.25, 0.3) is 0 Å². The maximum atomic E-state index is 10.2. The third-order valence-electron chi connectivity index (χ3n) is 7.62. The summed E-state index contributed by atoms with van der Waals surface area (Å²) < 4.78 is 0. The maximum Gasteiger partial charge on any atom is 0.0827 e. The fourth-order valence-electron chi connectivity index (χ4n) is 6.21. The highest BCUT2D eigenvalue weighted by atomic mass is 16.3. The molecule has 126 valence electrons. The fraction of sp³-hybridized carbons (Fsp3) is 0.900. The van der Waals surface area contributed by atoms with Crippen molar-refractivity contribution in [3.8, 4) is 0 Å². The maximum absolute atomic E-state index is 10.2.